The average molecular weight is 388 g/mol. The Morgan fingerprint density at radius 3 is 2.65 bits per heavy atom. The Balaban J connectivity index is 1.95. The molecule has 7 heteroatoms. The highest BCUT2D eigenvalue weighted by Crippen LogP contribution is 2.33. The number of pyridine rings is 1. The van der Waals surface area contributed by atoms with Gasteiger partial charge < -0.3 is 15.4 Å². The van der Waals surface area contributed by atoms with Gasteiger partial charge in [0, 0.05) is 24.3 Å². The van der Waals surface area contributed by atoms with Crippen molar-refractivity contribution in [3.63, 3.8) is 0 Å². The Hall–Kier alpha value is -2.76. The first-order valence-corrected chi connectivity index (χ1v) is 8.43. The van der Waals surface area contributed by atoms with Crippen LogP contribution in [-0.2, 0) is 0 Å². The monoisotopic (exact) mass is 387 g/mol. The molecule has 3 rings (SSSR count). The normalized spacial score (nSPS) is 10.4. The molecular weight excluding hydrogens is 373 g/mol. The van der Waals surface area contributed by atoms with Crippen LogP contribution in [0.5, 0.6) is 11.6 Å². The van der Waals surface area contributed by atoms with E-state index < -0.39 is 0 Å². The van der Waals surface area contributed by atoms with Crippen LogP contribution < -0.4 is 15.4 Å². The molecule has 2 N–H and O–H groups in total. The van der Waals surface area contributed by atoms with Crippen molar-refractivity contribution < 1.29 is 9.53 Å². The molecule has 0 fully saturated rings. The summed E-state index contributed by atoms with van der Waals surface area (Å²) >= 11 is 12.1. The number of carbonyl (C=O) groups is 1. The third kappa shape index (κ3) is 3.74. The summed E-state index contributed by atoms with van der Waals surface area (Å²) in [5, 5.41) is 0.821. The van der Waals surface area contributed by atoms with Crippen LogP contribution in [0, 0.1) is 0 Å². The number of para-hydroxylation sites is 2. The van der Waals surface area contributed by atoms with Gasteiger partial charge in [-0.25, -0.2) is 4.98 Å². The van der Waals surface area contributed by atoms with Gasteiger partial charge in [-0.15, -0.1) is 0 Å². The summed E-state index contributed by atoms with van der Waals surface area (Å²) in [6.45, 7) is 0. The first-order chi connectivity index (χ1) is 12.5. The fourth-order valence-corrected chi connectivity index (χ4v) is 2.70. The summed E-state index contributed by atoms with van der Waals surface area (Å²) < 4.78 is 5.75. The smallest absolute Gasteiger partial charge is 0.263 e. The summed E-state index contributed by atoms with van der Waals surface area (Å²) in [7, 11) is 1.64. The highest BCUT2D eigenvalue weighted by molar-refractivity contribution is 6.34. The molecule has 0 atom stereocenters. The Bertz CT molecular complexity index is 963. The van der Waals surface area contributed by atoms with Crippen molar-refractivity contribution in [1.82, 2.24) is 4.98 Å². The van der Waals surface area contributed by atoms with E-state index >= 15 is 0 Å². The van der Waals surface area contributed by atoms with Crippen molar-refractivity contribution in [1.29, 1.82) is 0 Å². The molecular formula is C19H15Cl2N3O2. The molecule has 26 heavy (non-hydrogen) atoms. The number of halogens is 2. The highest BCUT2D eigenvalue weighted by Gasteiger charge is 2.21. The van der Waals surface area contributed by atoms with Gasteiger partial charge >= 0.3 is 0 Å². The lowest BCUT2D eigenvalue weighted by molar-refractivity contribution is 0.0990. The molecule has 0 saturated heterocycles. The van der Waals surface area contributed by atoms with E-state index in [9.17, 15) is 4.79 Å². The largest absolute Gasteiger partial charge is 0.437 e. The lowest BCUT2D eigenvalue weighted by atomic mass is 10.2. The minimum atomic E-state index is -0.316. The molecule has 0 spiro atoms. The third-order valence-corrected chi connectivity index (χ3v) is 4.25. The Labute approximate surface area is 160 Å². The number of anilines is 2. The molecule has 0 bridgehead atoms. The lowest BCUT2D eigenvalue weighted by Crippen LogP contribution is -2.27. The van der Waals surface area contributed by atoms with E-state index in [1.165, 1.54) is 11.1 Å². The minimum absolute atomic E-state index is 0.128. The first kappa shape index (κ1) is 18.0. The zero-order valence-electron chi connectivity index (χ0n) is 13.8. The molecule has 5 nitrogen and oxygen atoms in total. The molecule has 0 aliphatic rings. The van der Waals surface area contributed by atoms with Crippen LogP contribution in [0.15, 0.2) is 60.8 Å². The van der Waals surface area contributed by atoms with Gasteiger partial charge in [-0.3, -0.25) is 4.79 Å². The summed E-state index contributed by atoms with van der Waals surface area (Å²) in [5.41, 5.74) is 7.32. The minimum Gasteiger partial charge on any atom is -0.437 e. The Morgan fingerprint density at radius 2 is 1.88 bits per heavy atom. The average Bonchev–Trinajstić information content (AvgIpc) is 2.64. The van der Waals surface area contributed by atoms with E-state index in [-0.39, 0.29) is 17.4 Å². The maximum absolute atomic E-state index is 13.0. The van der Waals surface area contributed by atoms with E-state index in [2.05, 4.69) is 4.98 Å². The van der Waals surface area contributed by atoms with Crippen LogP contribution in [0.2, 0.25) is 10.0 Å². The third-order valence-electron chi connectivity index (χ3n) is 3.70. The number of ether oxygens (including phenoxy) is 1. The van der Waals surface area contributed by atoms with Crippen LogP contribution >= 0.6 is 23.2 Å². The number of nitrogens with zero attached hydrogens (tertiary/aromatic N) is 2. The molecule has 0 saturated carbocycles. The van der Waals surface area contributed by atoms with E-state index in [0.717, 1.165) is 0 Å². The predicted octanol–water partition coefficient (Wildman–Crippen LogP) is 5.04. The van der Waals surface area contributed by atoms with Crippen LogP contribution in [0.25, 0.3) is 0 Å². The van der Waals surface area contributed by atoms with Gasteiger partial charge in [0.25, 0.3) is 5.91 Å². The van der Waals surface area contributed by atoms with E-state index in [1.54, 1.807) is 55.6 Å². The number of nitrogen functional groups attached to an aromatic ring is 1. The van der Waals surface area contributed by atoms with Crippen LogP contribution in [0.4, 0.5) is 11.4 Å². The molecule has 1 heterocycles. The SMILES string of the molecule is CN(C(=O)c1cccnc1Oc1cc(Cl)ccc1Cl)c1ccccc1N. The van der Waals surface area contributed by atoms with Gasteiger partial charge in [0.15, 0.2) is 0 Å². The van der Waals surface area contributed by atoms with Crippen LogP contribution in [0.1, 0.15) is 10.4 Å². The maximum Gasteiger partial charge on any atom is 0.263 e. The molecule has 0 aliphatic heterocycles. The topological polar surface area (TPSA) is 68.5 Å². The number of aromatic nitrogens is 1. The van der Waals surface area contributed by atoms with Crippen molar-refractivity contribution >= 4 is 40.5 Å². The van der Waals surface area contributed by atoms with Crippen molar-refractivity contribution in [2.45, 2.75) is 0 Å². The molecule has 0 unspecified atom stereocenters. The van der Waals surface area contributed by atoms with Crippen molar-refractivity contribution in [2.24, 2.45) is 0 Å². The summed E-state index contributed by atoms with van der Waals surface area (Å²) in [4.78, 5) is 18.6. The number of benzene rings is 2. The molecule has 132 valence electrons. The zero-order chi connectivity index (χ0) is 18.7. The fourth-order valence-electron chi connectivity index (χ4n) is 2.38. The molecule has 1 amide bonds. The first-order valence-electron chi connectivity index (χ1n) is 7.68. The van der Waals surface area contributed by atoms with Gasteiger partial charge in [0.2, 0.25) is 5.88 Å². The van der Waals surface area contributed by atoms with Gasteiger partial charge in [-0.05, 0) is 36.4 Å². The second kappa shape index (κ2) is 7.64. The number of hydrogen-bond donors (Lipinski definition) is 1. The molecule has 0 aliphatic carbocycles. The van der Waals surface area contributed by atoms with Crippen molar-refractivity contribution in [3.8, 4) is 11.6 Å². The number of amides is 1. The summed E-state index contributed by atoms with van der Waals surface area (Å²) in [6, 6.07) is 15.2. The number of nitrogens with two attached hydrogens (primary N) is 1. The van der Waals surface area contributed by atoms with Crippen molar-refractivity contribution in [2.75, 3.05) is 17.7 Å². The second-order valence-electron chi connectivity index (χ2n) is 5.46. The predicted molar refractivity (Wildman–Crippen MR) is 104 cm³/mol. The molecule has 0 radical (unpaired) electrons. The summed E-state index contributed by atoms with van der Waals surface area (Å²) in [6.07, 6.45) is 1.53. The zero-order valence-corrected chi connectivity index (χ0v) is 15.3. The Kier molecular flexibility index (Phi) is 5.30. The van der Waals surface area contributed by atoms with E-state index in [1.807, 2.05) is 6.07 Å². The van der Waals surface area contributed by atoms with Gasteiger partial charge in [0.1, 0.15) is 11.3 Å². The fraction of sp³-hybridized carbons (Fsp3) is 0.0526. The summed E-state index contributed by atoms with van der Waals surface area (Å²) in [5.74, 6) is 0.126. The quantitative estimate of drug-likeness (QED) is 0.636. The molecule has 1 aromatic heterocycles. The second-order valence-corrected chi connectivity index (χ2v) is 6.30. The van der Waals surface area contributed by atoms with Crippen LogP contribution in [0.3, 0.4) is 0 Å². The Morgan fingerprint density at radius 1 is 1.12 bits per heavy atom. The standard InChI is InChI=1S/C19H15Cl2N3O2/c1-24(16-7-3-2-6-15(16)22)19(25)13-5-4-10-23-18(13)26-17-11-12(20)8-9-14(17)21/h2-11H,22H2,1H3. The number of carbonyl (C=O) groups excluding carboxylic acids is 1. The number of rotatable bonds is 4. The van der Waals surface area contributed by atoms with Gasteiger partial charge in [-0.2, -0.15) is 0 Å². The van der Waals surface area contributed by atoms with Crippen LogP contribution in [-0.4, -0.2) is 17.9 Å². The van der Waals surface area contributed by atoms with Crippen molar-refractivity contribution in [3.05, 3.63) is 76.4 Å². The lowest BCUT2D eigenvalue weighted by Gasteiger charge is -2.20. The number of hydrogen-bond acceptors (Lipinski definition) is 4. The van der Waals surface area contributed by atoms with E-state index in [0.29, 0.717) is 27.2 Å². The van der Waals surface area contributed by atoms with E-state index in [4.69, 9.17) is 33.7 Å². The van der Waals surface area contributed by atoms with Gasteiger partial charge in [-0.1, -0.05) is 35.3 Å². The van der Waals surface area contributed by atoms with Gasteiger partial charge in [0.05, 0.1) is 16.4 Å². The maximum atomic E-state index is 13.0. The molecule has 3 aromatic rings. The molecule has 2 aromatic carbocycles. The highest BCUT2D eigenvalue weighted by atomic mass is 35.5.